The number of carbonyl (C=O) groups is 1. The third-order valence-electron chi connectivity index (χ3n) is 8.08. The minimum absolute atomic E-state index is 0.00920. The molecule has 14 heteroatoms. The molecule has 0 radical (unpaired) electrons. The first-order valence-electron chi connectivity index (χ1n) is 14.4. The van der Waals surface area contributed by atoms with E-state index in [2.05, 4.69) is 39.5 Å². The smallest absolute Gasteiger partial charge is 0.409 e. The molecule has 1 saturated carbocycles. The lowest BCUT2D eigenvalue weighted by Gasteiger charge is -2.33. The molecule has 0 spiro atoms. The molecule has 1 aliphatic carbocycles. The van der Waals surface area contributed by atoms with E-state index in [0.717, 1.165) is 23.5 Å². The number of halogens is 1. The zero-order valence-corrected chi connectivity index (χ0v) is 25.7. The third kappa shape index (κ3) is 6.58. The Hall–Kier alpha value is -5.04. The number of tetrazole rings is 1. The SMILES string of the molecule is COc1nn(CC(C)(C)[C@H](CC2CC2)c2ncc(-c3ccc(OC(N)=O)cc3)[nH]2)c(=O)cc1-c1cc(Cl)ccc1-n1cnnn1. The minimum Gasteiger partial charge on any atom is -0.480 e. The number of amides is 1. The number of imidazole rings is 1. The van der Waals surface area contributed by atoms with Crippen LogP contribution >= 0.6 is 11.6 Å². The van der Waals surface area contributed by atoms with Gasteiger partial charge in [-0.1, -0.05) is 38.3 Å². The number of carbonyl (C=O) groups excluding carboxylic acids is 1. The van der Waals surface area contributed by atoms with Gasteiger partial charge in [-0.25, -0.2) is 14.5 Å². The van der Waals surface area contributed by atoms with Gasteiger partial charge in [0.2, 0.25) is 5.88 Å². The lowest BCUT2D eigenvalue weighted by molar-refractivity contribution is 0.201. The number of aromatic nitrogens is 8. The van der Waals surface area contributed by atoms with E-state index in [1.165, 1.54) is 41.7 Å². The summed E-state index contributed by atoms with van der Waals surface area (Å²) in [7, 11) is 1.51. The van der Waals surface area contributed by atoms with Crippen LogP contribution in [0.5, 0.6) is 11.6 Å². The molecule has 6 rings (SSSR count). The summed E-state index contributed by atoms with van der Waals surface area (Å²) in [6.07, 6.45) is 5.66. The quantitative estimate of drug-likeness (QED) is 0.204. The summed E-state index contributed by atoms with van der Waals surface area (Å²) in [6, 6.07) is 13.7. The highest BCUT2D eigenvalue weighted by molar-refractivity contribution is 6.31. The molecule has 0 bridgehead atoms. The molecule has 3 heterocycles. The predicted molar refractivity (Wildman–Crippen MR) is 166 cm³/mol. The minimum atomic E-state index is -0.865. The highest BCUT2D eigenvalue weighted by Gasteiger charge is 2.38. The van der Waals surface area contributed by atoms with Crippen LogP contribution in [0.3, 0.4) is 0 Å². The topological polar surface area (TPSA) is 169 Å². The molecule has 1 aliphatic rings. The van der Waals surface area contributed by atoms with E-state index in [9.17, 15) is 9.59 Å². The Morgan fingerprint density at radius 3 is 2.60 bits per heavy atom. The van der Waals surface area contributed by atoms with Crippen molar-refractivity contribution in [3.8, 4) is 39.7 Å². The summed E-state index contributed by atoms with van der Waals surface area (Å²) in [5, 5.41) is 16.6. The van der Waals surface area contributed by atoms with E-state index >= 15 is 0 Å². The molecule has 2 aromatic carbocycles. The monoisotopic (exact) mass is 629 g/mol. The van der Waals surface area contributed by atoms with Crippen molar-refractivity contribution in [1.29, 1.82) is 0 Å². The van der Waals surface area contributed by atoms with Gasteiger partial charge in [-0.15, -0.1) is 10.2 Å². The van der Waals surface area contributed by atoms with Crippen LogP contribution in [0.2, 0.25) is 5.02 Å². The number of nitrogens with zero attached hydrogens (tertiary/aromatic N) is 7. The highest BCUT2D eigenvalue weighted by Crippen LogP contribution is 2.46. The maximum atomic E-state index is 13.6. The van der Waals surface area contributed by atoms with Gasteiger partial charge in [0.25, 0.3) is 5.56 Å². The number of primary amides is 1. The summed E-state index contributed by atoms with van der Waals surface area (Å²) in [5.41, 5.74) is 7.82. The summed E-state index contributed by atoms with van der Waals surface area (Å²) >= 11 is 6.35. The number of nitrogens with one attached hydrogen (secondary N) is 1. The van der Waals surface area contributed by atoms with Crippen LogP contribution in [0, 0.1) is 11.3 Å². The molecule has 3 N–H and O–H groups in total. The van der Waals surface area contributed by atoms with E-state index in [1.807, 2.05) is 12.1 Å². The number of benzene rings is 2. The summed E-state index contributed by atoms with van der Waals surface area (Å²) in [4.78, 5) is 33.0. The Kier molecular flexibility index (Phi) is 8.11. The van der Waals surface area contributed by atoms with Crippen LogP contribution in [0.4, 0.5) is 4.79 Å². The number of methoxy groups -OCH3 is 1. The molecule has 0 aliphatic heterocycles. The molecule has 13 nitrogen and oxygen atoms in total. The van der Waals surface area contributed by atoms with Gasteiger partial charge >= 0.3 is 6.09 Å². The Morgan fingerprint density at radius 2 is 1.93 bits per heavy atom. The van der Waals surface area contributed by atoms with Crippen LogP contribution in [-0.4, -0.2) is 53.2 Å². The van der Waals surface area contributed by atoms with Crippen molar-refractivity contribution in [1.82, 2.24) is 40.0 Å². The largest absolute Gasteiger partial charge is 0.480 e. The van der Waals surface area contributed by atoms with Crippen LogP contribution in [0.1, 0.15) is 44.9 Å². The fourth-order valence-electron chi connectivity index (χ4n) is 5.59. The van der Waals surface area contributed by atoms with Crippen molar-refractivity contribution in [2.75, 3.05) is 7.11 Å². The van der Waals surface area contributed by atoms with Crippen molar-refractivity contribution in [2.24, 2.45) is 17.1 Å². The lowest BCUT2D eigenvalue weighted by atomic mass is 9.75. The van der Waals surface area contributed by atoms with Gasteiger partial charge < -0.3 is 20.2 Å². The fraction of sp³-hybridized carbons (Fsp3) is 0.323. The van der Waals surface area contributed by atoms with Gasteiger partial charge in [0, 0.05) is 22.6 Å². The van der Waals surface area contributed by atoms with Crippen molar-refractivity contribution in [3.05, 3.63) is 82.3 Å². The predicted octanol–water partition coefficient (Wildman–Crippen LogP) is 5.01. The van der Waals surface area contributed by atoms with Crippen molar-refractivity contribution >= 4 is 17.7 Å². The van der Waals surface area contributed by atoms with Gasteiger partial charge in [0.15, 0.2) is 0 Å². The normalized spacial score (nSPS) is 13.9. The van der Waals surface area contributed by atoms with E-state index in [1.54, 1.807) is 36.5 Å². The number of hydrogen-bond donors (Lipinski definition) is 2. The number of nitrogens with two attached hydrogens (primary N) is 1. The molecule has 232 valence electrons. The Balaban J connectivity index is 1.31. The van der Waals surface area contributed by atoms with E-state index in [0.29, 0.717) is 40.0 Å². The molecule has 1 amide bonds. The Bertz CT molecular complexity index is 1880. The second kappa shape index (κ2) is 12.2. The number of hydrogen-bond acceptors (Lipinski definition) is 9. The zero-order valence-electron chi connectivity index (χ0n) is 25.0. The van der Waals surface area contributed by atoms with Gasteiger partial charge in [-0.2, -0.15) is 4.68 Å². The number of rotatable bonds is 11. The van der Waals surface area contributed by atoms with E-state index < -0.39 is 11.5 Å². The maximum absolute atomic E-state index is 13.6. The third-order valence-corrected chi connectivity index (χ3v) is 8.31. The zero-order chi connectivity index (χ0) is 31.7. The van der Waals surface area contributed by atoms with Gasteiger partial charge in [-0.05, 0) is 76.2 Å². The molecular formula is C31H32ClN9O4. The molecule has 5 aromatic rings. The second-order valence-electron chi connectivity index (χ2n) is 11.8. The molecular weight excluding hydrogens is 598 g/mol. The average molecular weight is 630 g/mol. The molecule has 1 fully saturated rings. The summed E-state index contributed by atoms with van der Waals surface area (Å²) in [6.45, 7) is 4.57. The summed E-state index contributed by atoms with van der Waals surface area (Å²) in [5.74, 6) is 2.07. The molecule has 45 heavy (non-hydrogen) atoms. The van der Waals surface area contributed by atoms with Crippen LogP contribution < -0.4 is 20.8 Å². The molecule has 0 saturated heterocycles. The number of aromatic amines is 1. The second-order valence-corrected chi connectivity index (χ2v) is 12.3. The van der Waals surface area contributed by atoms with Crippen molar-refractivity contribution in [3.63, 3.8) is 0 Å². The first-order valence-corrected chi connectivity index (χ1v) is 14.8. The van der Waals surface area contributed by atoms with E-state index in [4.69, 9.17) is 31.8 Å². The van der Waals surface area contributed by atoms with Gasteiger partial charge in [0.05, 0.1) is 36.8 Å². The number of H-pyrrole nitrogens is 1. The summed E-state index contributed by atoms with van der Waals surface area (Å²) < 4.78 is 13.6. The van der Waals surface area contributed by atoms with Crippen LogP contribution in [0.25, 0.3) is 28.1 Å². The average Bonchev–Trinajstić information content (AvgIpc) is 3.43. The lowest BCUT2D eigenvalue weighted by Crippen LogP contribution is -2.35. The highest BCUT2D eigenvalue weighted by atomic mass is 35.5. The van der Waals surface area contributed by atoms with E-state index in [-0.39, 0.29) is 17.4 Å². The van der Waals surface area contributed by atoms with Gasteiger partial charge in [-0.3, -0.25) is 4.79 Å². The van der Waals surface area contributed by atoms with Gasteiger partial charge in [0.1, 0.15) is 17.9 Å². The van der Waals surface area contributed by atoms with Crippen LogP contribution in [0.15, 0.2) is 65.8 Å². The Morgan fingerprint density at radius 1 is 1.16 bits per heavy atom. The number of ether oxygens (including phenoxy) is 2. The first-order chi connectivity index (χ1) is 21.6. The van der Waals surface area contributed by atoms with Crippen molar-refractivity contribution in [2.45, 2.75) is 45.6 Å². The first kappa shape index (κ1) is 30.0. The standard InChI is InChI=1S/C31H32ClN9O4/c1-31(2,24(12-18-4-5-18)28-34-15-25(36-28)19-6-9-21(10-7-19)45-30(33)43)16-40-27(42)14-23(29(37-40)44-3)22-13-20(32)8-11-26(22)41-17-35-38-39-41/h6-11,13-15,17-18,24H,4-5,12,16H2,1-3H3,(H2,33,43)(H,34,36)/t24-/m1/s1. The van der Waals surface area contributed by atoms with Crippen molar-refractivity contribution < 1.29 is 14.3 Å². The Labute approximate surface area is 263 Å². The molecule has 1 atom stereocenters. The van der Waals surface area contributed by atoms with Crippen LogP contribution in [-0.2, 0) is 6.54 Å². The maximum Gasteiger partial charge on any atom is 0.409 e. The molecule has 3 aromatic heterocycles. The molecule has 0 unspecified atom stereocenters. The fourth-order valence-corrected chi connectivity index (χ4v) is 5.76.